The monoisotopic (exact) mass is 199 g/mol. The molecule has 0 heterocycles. The topological polar surface area (TPSA) is 12.0 Å². The molecule has 1 N–H and O–H groups in total. The van der Waals surface area contributed by atoms with Crippen LogP contribution in [0.5, 0.6) is 0 Å². The highest BCUT2D eigenvalue weighted by Gasteiger charge is 2.25. The van der Waals surface area contributed by atoms with E-state index in [1.54, 1.807) is 0 Å². The molecule has 76 valence electrons. The summed E-state index contributed by atoms with van der Waals surface area (Å²) in [5.41, 5.74) is 0. The van der Waals surface area contributed by atoms with Crippen LogP contribution in [0.3, 0.4) is 0 Å². The van der Waals surface area contributed by atoms with Crippen molar-refractivity contribution in [2.45, 2.75) is 44.4 Å². The maximum Gasteiger partial charge on any atom is 0.0201 e. The van der Waals surface area contributed by atoms with Gasteiger partial charge in [-0.1, -0.05) is 25.5 Å². The summed E-state index contributed by atoms with van der Waals surface area (Å²) in [5.74, 6) is 1.26. The second-order valence-corrected chi connectivity index (χ2v) is 5.02. The first-order valence-corrected chi connectivity index (χ1v) is 6.39. The molecule has 2 atom stereocenters. The van der Waals surface area contributed by atoms with Gasteiger partial charge in [-0.3, -0.25) is 0 Å². The van der Waals surface area contributed by atoms with Gasteiger partial charge in [0.05, 0.1) is 0 Å². The molecule has 1 saturated carbocycles. The van der Waals surface area contributed by atoms with Gasteiger partial charge in [-0.2, -0.15) is 11.8 Å². The Labute approximate surface area is 86.4 Å². The molecule has 2 unspecified atom stereocenters. The van der Waals surface area contributed by atoms with E-state index in [2.05, 4.69) is 43.1 Å². The fraction of sp³-hybridized carbons (Fsp3) is 0.818. The van der Waals surface area contributed by atoms with Crippen LogP contribution < -0.4 is 5.32 Å². The molecule has 0 amide bonds. The molecule has 0 spiro atoms. The molecule has 0 aromatic heterocycles. The summed E-state index contributed by atoms with van der Waals surface area (Å²) >= 11 is 2.12. The van der Waals surface area contributed by atoms with Crippen molar-refractivity contribution in [3.05, 3.63) is 12.2 Å². The summed E-state index contributed by atoms with van der Waals surface area (Å²) in [5, 5.41) is 4.48. The van der Waals surface area contributed by atoms with E-state index >= 15 is 0 Å². The lowest BCUT2D eigenvalue weighted by atomic mass is 10.2. The van der Waals surface area contributed by atoms with Gasteiger partial charge >= 0.3 is 0 Å². The Balaban J connectivity index is 2.22. The van der Waals surface area contributed by atoms with Gasteiger partial charge in [-0.05, 0) is 25.5 Å². The molecule has 0 aromatic carbocycles. The highest BCUT2D eigenvalue weighted by atomic mass is 32.2. The average molecular weight is 199 g/mol. The molecule has 0 aromatic rings. The van der Waals surface area contributed by atoms with Gasteiger partial charge in [0, 0.05) is 17.8 Å². The van der Waals surface area contributed by atoms with Gasteiger partial charge < -0.3 is 5.32 Å². The Kier molecular flexibility index (Phi) is 5.56. The van der Waals surface area contributed by atoms with Crippen molar-refractivity contribution < 1.29 is 0 Å². The number of hydrogen-bond donors (Lipinski definition) is 1. The van der Waals surface area contributed by atoms with E-state index in [4.69, 9.17) is 0 Å². The summed E-state index contributed by atoms with van der Waals surface area (Å²) in [6.45, 7) is 5.38. The molecule has 0 radical (unpaired) electrons. The summed E-state index contributed by atoms with van der Waals surface area (Å²) in [7, 11) is 0. The van der Waals surface area contributed by atoms with Gasteiger partial charge in [0.25, 0.3) is 0 Å². The summed E-state index contributed by atoms with van der Waals surface area (Å²) < 4.78 is 0. The quantitative estimate of drug-likeness (QED) is 0.683. The highest BCUT2D eigenvalue weighted by molar-refractivity contribution is 7.99. The van der Waals surface area contributed by atoms with Crippen LogP contribution in [0.1, 0.15) is 33.1 Å². The predicted molar refractivity (Wildman–Crippen MR) is 62.4 cm³/mol. The highest BCUT2D eigenvalue weighted by Crippen LogP contribution is 2.29. The van der Waals surface area contributed by atoms with Gasteiger partial charge in [-0.25, -0.2) is 0 Å². The van der Waals surface area contributed by atoms with Crippen LogP contribution in [0, 0.1) is 0 Å². The maximum atomic E-state index is 3.61. The van der Waals surface area contributed by atoms with Crippen LogP contribution in [0.15, 0.2) is 12.2 Å². The molecular weight excluding hydrogens is 178 g/mol. The van der Waals surface area contributed by atoms with Crippen LogP contribution in [-0.2, 0) is 0 Å². The van der Waals surface area contributed by atoms with Crippen molar-refractivity contribution in [2.75, 3.05) is 12.3 Å². The number of hydrogen-bond acceptors (Lipinski definition) is 2. The first kappa shape index (κ1) is 11.1. The van der Waals surface area contributed by atoms with Crippen molar-refractivity contribution in [1.29, 1.82) is 0 Å². The molecule has 1 rings (SSSR count). The van der Waals surface area contributed by atoms with E-state index in [0.29, 0.717) is 0 Å². The standard InChI is InChI=1S/C11H21NS/c1-3-5-9-12-10-7-6-8-11(10)13-4-2/h3,5,10-12H,4,6-9H2,1-2H3/b5-3+. The minimum absolute atomic E-state index is 0.765. The molecule has 1 nitrogen and oxygen atoms in total. The molecule has 1 aliphatic carbocycles. The van der Waals surface area contributed by atoms with Gasteiger partial charge in [0.2, 0.25) is 0 Å². The lowest BCUT2D eigenvalue weighted by Gasteiger charge is -2.19. The lowest BCUT2D eigenvalue weighted by molar-refractivity contribution is 0.565. The second kappa shape index (κ2) is 6.50. The molecule has 1 fully saturated rings. The van der Waals surface area contributed by atoms with Crippen molar-refractivity contribution in [3.63, 3.8) is 0 Å². The molecular formula is C11H21NS. The van der Waals surface area contributed by atoms with E-state index in [9.17, 15) is 0 Å². The zero-order valence-corrected chi connectivity index (χ0v) is 9.57. The molecule has 0 aliphatic heterocycles. The van der Waals surface area contributed by atoms with Crippen LogP contribution in [-0.4, -0.2) is 23.6 Å². The molecule has 0 saturated heterocycles. The van der Waals surface area contributed by atoms with Crippen molar-refractivity contribution in [2.24, 2.45) is 0 Å². The Morgan fingerprint density at radius 2 is 2.31 bits per heavy atom. The number of thioether (sulfide) groups is 1. The largest absolute Gasteiger partial charge is 0.309 e. The first-order valence-electron chi connectivity index (χ1n) is 5.34. The normalized spacial score (nSPS) is 28.8. The minimum Gasteiger partial charge on any atom is -0.309 e. The second-order valence-electron chi connectivity index (χ2n) is 3.51. The van der Waals surface area contributed by atoms with Crippen molar-refractivity contribution in [1.82, 2.24) is 5.32 Å². The smallest absolute Gasteiger partial charge is 0.0201 e. The third-order valence-corrected chi connectivity index (χ3v) is 3.89. The minimum atomic E-state index is 0.765. The van der Waals surface area contributed by atoms with Gasteiger partial charge in [0.15, 0.2) is 0 Å². The van der Waals surface area contributed by atoms with E-state index in [1.165, 1.54) is 25.0 Å². The van der Waals surface area contributed by atoms with Crippen LogP contribution in [0.4, 0.5) is 0 Å². The maximum absolute atomic E-state index is 3.61. The van der Waals surface area contributed by atoms with Crippen LogP contribution >= 0.6 is 11.8 Å². The predicted octanol–water partition coefficient (Wildman–Crippen LogP) is 2.83. The van der Waals surface area contributed by atoms with Crippen LogP contribution in [0.25, 0.3) is 0 Å². The van der Waals surface area contributed by atoms with E-state index in [-0.39, 0.29) is 0 Å². The third-order valence-electron chi connectivity index (χ3n) is 2.57. The Morgan fingerprint density at radius 3 is 3.00 bits per heavy atom. The van der Waals surface area contributed by atoms with Gasteiger partial charge in [0.1, 0.15) is 0 Å². The average Bonchev–Trinajstić information content (AvgIpc) is 2.54. The van der Waals surface area contributed by atoms with E-state index in [0.717, 1.165) is 17.8 Å². The first-order chi connectivity index (χ1) is 6.38. The number of rotatable bonds is 5. The van der Waals surface area contributed by atoms with E-state index < -0.39 is 0 Å². The van der Waals surface area contributed by atoms with Gasteiger partial charge in [-0.15, -0.1) is 0 Å². The molecule has 0 bridgehead atoms. The third kappa shape index (κ3) is 3.74. The fourth-order valence-electron chi connectivity index (χ4n) is 1.91. The lowest BCUT2D eigenvalue weighted by Crippen LogP contribution is -2.34. The Bertz CT molecular complexity index is 156. The summed E-state index contributed by atoms with van der Waals surface area (Å²) in [4.78, 5) is 0. The Hall–Kier alpha value is 0.0500. The number of nitrogens with one attached hydrogen (secondary N) is 1. The zero-order valence-electron chi connectivity index (χ0n) is 8.75. The van der Waals surface area contributed by atoms with Crippen molar-refractivity contribution in [3.8, 4) is 0 Å². The summed E-state index contributed by atoms with van der Waals surface area (Å²) in [6, 6.07) is 0.765. The number of allylic oxidation sites excluding steroid dienone is 1. The fourth-order valence-corrected chi connectivity index (χ4v) is 3.14. The Morgan fingerprint density at radius 1 is 1.46 bits per heavy atom. The molecule has 1 aliphatic rings. The molecule has 2 heteroatoms. The zero-order chi connectivity index (χ0) is 9.52. The van der Waals surface area contributed by atoms with Crippen LogP contribution in [0.2, 0.25) is 0 Å². The molecule has 13 heavy (non-hydrogen) atoms. The van der Waals surface area contributed by atoms with Crippen molar-refractivity contribution >= 4 is 11.8 Å². The summed E-state index contributed by atoms with van der Waals surface area (Å²) in [6.07, 6.45) is 8.50. The SMILES string of the molecule is C/C=C/CNC1CCCC1SCC. The van der Waals surface area contributed by atoms with E-state index in [1.807, 2.05) is 0 Å².